The van der Waals surface area contributed by atoms with E-state index in [-0.39, 0.29) is 11.6 Å². The van der Waals surface area contributed by atoms with E-state index in [1.54, 1.807) is 12.1 Å². The smallest absolute Gasteiger partial charge is 0.269 e. The van der Waals surface area contributed by atoms with E-state index in [1.807, 2.05) is 37.3 Å². The highest BCUT2D eigenvalue weighted by atomic mass is 16.7. The van der Waals surface area contributed by atoms with Crippen molar-refractivity contribution in [1.29, 1.82) is 5.26 Å². The zero-order chi connectivity index (χ0) is 18.5. The zero-order valence-corrected chi connectivity index (χ0v) is 14.3. The Morgan fingerprint density at radius 2 is 1.92 bits per heavy atom. The molecule has 0 aromatic heterocycles. The summed E-state index contributed by atoms with van der Waals surface area (Å²) in [4.78, 5) is 10.4. The van der Waals surface area contributed by atoms with Gasteiger partial charge in [0.1, 0.15) is 5.76 Å². The molecule has 1 heterocycles. The van der Waals surface area contributed by atoms with Gasteiger partial charge in [-0.05, 0) is 12.5 Å². The zero-order valence-electron chi connectivity index (χ0n) is 14.3. The van der Waals surface area contributed by atoms with Crippen molar-refractivity contribution in [1.82, 2.24) is 0 Å². The van der Waals surface area contributed by atoms with Gasteiger partial charge in [-0.1, -0.05) is 42.5 Å². The van der Waals surface area contributed by atoms with Gasteiger partial charge >= 0.3 is 0 Å². The van der Waals surface area contributed by atoms with Gasteiger partial charge in [0, 0.05) is 36.6 Å². The van der Waals surface area contributed by atoms with E-state index in [4.69, 9.17) is 9.47 Å². The number of nitro benzene ring substituents is 1. The van der Waals surface area contributed by atoms with Gasteiger partial charge < -0.3 is 9.47 Å². The topological polar surface area (TPSA) is 85.4 Å². The van der Waals surface area contributed by atoms with E-state index in [0.717, 1.165) is 11.1 Å². The molecule has 0 spiro atoms. The van der Waals surface area contributed by atoms with E-state index in [9.17, 15) is 15.4 Å². The Morgan fingerprint density at radius 3 is 2.50 bits per heavy atom. The third-order valence-corrected chi connectivity index (χ3v) is 4.29. The van der Waals surface area contributed by atoms with Crippen molar-refractivity contribution < 1.29 is 14.4 Å². The molecule has 132 valence electrons. The van der Waals surface area contributed by atoms with Gasteiger partial charge in [-0.2, -0.15) is 5.26 Å². The first-order valence-electron chi connectivity index (χ1n) is 8.36. The van der Waals surface area contributed by atoms with Crippen LogP contribution in [0.25, 0.3) is 5.76 Å². The number of ether oxygens (including phenoxy) is 2. The molecule has 0 radical (unpaired) electrons. The van der Waals surface area contributed by atoms with Gasteiger partial charge in [-0.15, -0.1) is 0 Å². The van der Waals surface area contributed by atoms with Crippen LogP contribution in [-0.4, -0.2) is 17.8 Å². The van der Waals surface area contributed by atoms with Gasteiger partial charge in [0.15, 0.2) is 0 Å². The second-order valence-electron chi connectivity index (χ2n) is 5.86. The third kappa shape index (κ3) is 3.58. The number of rotatable bonds is 5. The normalized spacial score (nSPS) is 19.5. The maximum absolute atomic E-state index is 10.9. The molecule has 3 rings (SSSR count). The van der Waals surface area contributed by atoms with Crippen molar-refractivity contribution in [2.24, 2.45) is 0 Å². The van der Waals surface area contributed by atoms with Crippen LogP contribution >= 0.6 is 0 Å². The summed E-state index contributed by atoms with van der Waals surface area (Å²) in [7, 11) is 0. The number of hydrogen-bond donors (Lipinski definition) is 0. The van der Waals surface area contributed by atoms with Crippen LogP contribution in [0.15, 0.2) is 60.2 Å². The van der Waals surface area contributed by atoms with Crippen LogP contribution in [0.2, 0.25) is 0 Å². The molecule has 0 bridgehead atoms. The van der Waals surface area contributed by atoms with Crippen LogP contribution < -0.4 is 0 Å². The minimum atomic E-state index is -0.479. The molecule has 6 heteroatoms. The fraction of sp³-hybridized carbons (Fsp3) is 0.250. The monoisotopic (exact) mass is 350 g/mol. The minimum absolute atomic E-state index is 0.0212. The molecule has 6 nitrogen and oxygen atoms in total. The summed E-state index contributed by atoms with van der Waals surface area (Å²) in [5.41, 5.74) is 2.16. The number of non-ortho nitro benzene ring substituents is 1. The fourth-order valence-electron chi connectivity index (χ4n) is 3.07. The summed E-state index contributed by atoms with van der Waals surface area (Å²) >= 11 is 0. The lowest BCUT2D eigenvalue weighted by atomic mass is 9.85. The SMILES string of the molecule is CCO[C@@H]1C[C@H](c2ccc([N+](=O)[O-])cc2)C(C#N)=C(c2ccccc2)O1. The van der Waals surface area contributed by atoms with Gasteiger partial charge in [0.25, 0.3) is 5.69 Å². The predicted molar refractivity (Wildman–Crippen MR) is 95.9 cm³/mol. The number of benzene rings is 2. The first kappa shape index (κ1) is 17.6. The Hall–Kier alpha value is -3.17. The van der Waals surface area contributed by atoms with Crippen LogP contribution in [0.3, 0.4) is 0 Å². The number of allylic oxidation sites excluding steroid dienone is 1. The summed E-state index contributed by atoms with van der Waals surface area (Å²) in [6, 6.07) is 18.0. The average molecular weight is 350 g/mol. The minimum Gasteiger partial charge on any atom is -0.463 e. The molecule has 0 amide bonds. The van der Waals surface area contributed by atoms with Crippen LogP contribution in [0.4, 0.5) is 5.69 Å². The maximum Gasteiger partial charge on any atom is 0.269 e. The van der Waals surface area contributed by atoms with Crippen molar-refractivity contribution in [3.05, 3.63) is 81.4 Å². The summed E-state index contributed by atoms with van der Waals surface area (Å²) in [5.74, 6) is 0.252. The Bertz CT molecular complexity index is 854. The molecule has 0 saturated carbocycles. The maximum atomic E-state index is 10.9. The van der Waals surface area contributed by atoms with Gasteiger partial charge in [0.2, 0.25) is 6.29 Å². The molecule has 2 atom stereocenters. The molecule has 0 aliphatic carbocycles. The summed E-state index contributed by atoms with van der Waals surface area (Å²) in [6.45, 7) is 2.37. The lowest BCUT2D eigenvalue weighted by Gasteiger charge is -2.32. The molecule has 2 aromatic carbocycles. The van der Waals surface area contributed by atoms with Crippen LogP contribution in [0, 0.1) is 21.4 Å². The van der Waals surface area contributed by atoms with E-state index in [1.165, 1.54) is 12.1 Å². The molecule has 0 saturated heterocycles. The summed E-state index contributed by atoms with van der Waals surface area (Å²) < 4.78 is 11.6. The average Bonchev–Trinajstić information content (AvgIpc) is 2.68. The Morgan fingerprint density at radius 1 is 1.23 bits per heavy atom. The first-order valence-corrected chi connectivity index (χ1v) is 8.36. The van der Waals surface area contributed by atoms with E-state index in [0.29, 0.717) is 24.4 Å². The van der Waals surface area contributed by atoms with E-state index in [2.05, 4.69) is 6.07 Å². The second kappa shape index (κ2) is 7.81. The molecule has 0 unspecified atom stereocenters. The van der Waals surface area contributed by atoms with Gasteiger partial charge in [-0.3, -0.25) is 10.1 Å². The van der Waals surface area contributed by atoms with Crippen molar-refractivity contribution in [2.75, 3.05) is 6.61 Å². The predicted octanol–water partition coefficient (Wildman–Crippen LogP) is 4.40. The van der Waals surface area contributed by atoms with Crippen LogP contribution in [-0.2, 0) is 9.47 Å². The third-order valence-electron chi connectivity index (χ3n) is 4.29. The van der Waals surface area contributed by atoms with Crippen molar-refractivity contribution >= 4 is 11.4 Å². The van der Waals surface area contributed by atoms with Crippen LogP contribution in [0.1, 0.15) is 30.4 Å². The summed E-state index contributed by atoms with van der Waals surface area (Å²) in [6.07, 6.45) is -0.00211. The number of nitro groups is 1. The fourth-order valence-corrected chi connectivity index (χ4v) is 3.07. The second-order valence-corrected chi connectivity index (χ2v) is 5.86. The van der Waals surface area contributed by atoms with E-state index >= 15 is 0 Å². The molecular weight excluding hydrogens is 332 g/mol. The lowest BCUT2D eigenvalue weighted by molar-refractivity contribution is -0.384. The first-order chi connectivity index (χ1) is 12.6. The molecule has 0 N–H and O–H groups in total. The largest absolute Gasteiger partial charge is 0.463 e. The standard InChI is InChI=1S/C20H18N2O4/c1-2-25-19-12-17(14-8-10-16(11-9-14)22(23)24)18(13-21)20(26-19)15-6-4-3-5-7-15/h3-11,17,19H,2,12H2,1H3/t17-,19+/m1/s1. The molecule has 2 aromatic rings. The summed E-state index contributed by atoms with van der Waals surface area (Å²) in [5, 5.41) is 20.7. The quantitative estimate of drug-likeness (QED) is 0.589. The molecule has 1 aliphatic heterocycles. The van der Waals surface area contributed by atoms with E-state index < -0.39 is 11.2 Å². The molecule has 1 aliphatic rings. The molecule has 26 heavy (non-hydrogen) atoms. The Kier molecular flexibility index (Phi) is 5.30. The molecule has 0 fully saturated rings. The Balaban J connectivity index is 2.06. The van der Waals surface area contributed by atoms with Crippen molar-refractivity contribution in [3.8, 4) is 6.07 Å². The highest BCUT2D eigenvalue weighted by Crippen LogP contribution is 2.41. The number of nitriles is 1. The van der Waals surface area contributed by atoms with Gasteiger partial charge in [-0.25, -0.2) is 0 Å². The Labute approximate surface area is 151 Å². The number of nitrogens with zero attached hydrogens (tertiary/aromatic N) is 2. The number of hydrogen-bond acceptors (Lipinski definition) is 5. The molecular formula is C20H18N2O4. The highest BCUT2D eigenvalue weighted by molar-refractivity contribution is 5.69. The highest BCUT2D eigenvalue weighted by Gasteiger charge is 2.33. The van der Waals surface area contributed by atoms with Crippen molar-refractivity contribution in [3.63, 3.8) is 0 Å². The van der Waals surface area contributed by atoms with Gasteiger partial charge in [0.05, 0.1) is 16.6 Å². The lowest BCUT2D eigenvalue weighted by Crippen LogP contribution is -2.26. The van der Waals surface area contributed by atoms with Crippen LogP contribution in [0.5, 0.6) is 0 Å². The van der Waals surface area contributed by atoms with Crippen molar-refractivity contribution in [2.45, 2.75) is 25.6 Å².